The van der Waals surface area contributed by atoms with Crippen molar-refractivity contribution in [1.82, 2.24) is 0 Å². The van der Waals surface area contributed by atoms with Gasteiger partial charge in [0.1, 0.15) is 0 Å². The van der Waals surface area contributed by atoms with Crippen LogP contribution in [-0.4, -0.2) is 31.2 Å². The summed E-state index contributed by atoms with van der Waals surface area (Å²) < 4.78 is 41.4. The maximum atomic E-state index is 12.1. The second kappa shape index (κ2) is 7.51. The van der Waals surface area contributed by atoms with Gasteiger partial charge in [0.15, 0.2) is 0 Å². The number of benzene rings is 1. The molecule has 0 spiro atoms. The molecule has 0 aliphatic rings. The molecule has 0 radical (unpaired) electrons. The van der Waals surface area contributed by atoms with Gasteiger partial charge in [-0.3, -0.25) is 4.79 Å². The van der Waals surface area contributed by atoms with Crippen LogP contribution in [0.25, 0.3) is 0 Å². The average molecular weight is 308 g/mol. The van der Waals surface area contributed by atoms with Gasteiger partial charge in [-0.25, -0.2) is 0 Å². The molecule has 20 heavy (non-hydrogen) atoms. The molecule has 1 atom stereocenters. The highest BCUT2D eigenvalue weighted by Gasteiger charge is 2.29. The summed E-state index contributed by atoms with van der Waals surface area (Å²) in [6.45, 7) is 0.213. The van der Waals surface area contributed by atoms with Crippen molar-refractivity contribution in [3.63, 3.8) is 0 Å². The van der Waals surface area contributed by atoms with E-state index < -0.39 is 5.51 Å². The van der Waals surface area contributed by atoms with Crippen LogP contribution in [0, 0.1) is 0 Å². The summed E-state index contributed by atoms with van der Waals surface area (Å²) in [6, 6.07) is 5.42. The van der Waals surface area contributed by atoms with Crippen LogP contribution in [0.1, 0.15) is 6.42 Å². The topological polar surface area (TPSA) is 64.3 Å². The van der Waals surface area contributed by atoms with Crippen LogP contribution in [0.2, 0.25) is 0 Å². The number of ether oxygens (including phenoxy) is 1. The third-order valence-corrected chi connectivity index (χ3v) is 3.12. The molecule has 0 aliphatic heterocycles. The summed E-state index contributed by atoms with van der Waals surface area (Å²) in [7, 11) is 1.45. The highest BCUT2D eigenvalue weighted by Crippen LogP contribution is 2.36. The van der Waals surface area contributed by atoms with Gasteiger partial charge in [-0.2, -0.15) is 13.2 Å². The van der Waals surface area contributed by atoms with Crippen molar-refractivity contribution in [3.8, 4) is 0 Å². The Balaban J connectivity index is 2.55. The zero-order valence-electron chi connectivity index (χ0n) is 10.7. The molecular formula is C12H15F3N2O2S. The monoisotopic (exact) mass is 308 g/mol. The molecule has 0 saturated carbocycles. The van der Waals surface area contributed by atoms with Gasteiger partial charge in [0.2, 0.25) is 5.91 Å². The highest BCUT2D eigenvalue weighted by atomic mass is 32.2. The van der Waals surface area contributed by atoms with Gasteiger partial charge in [-0.05, 0) is 36.0 Å². The van der Waals surface area contributed by atoms with Crippen LogP contribution < -0.4 is 11.1 Å². The summed E-state index contributed by atoms with van der Waals surface area (Å²) >= 11 is -0.203. The van der Waals surface area contributed by atoms with E-state index in [1.165, 1.54) is 31.4 Å². The first-order chi connectivity index (χ1) is 9.34. The van der Waals surface area contributed by atoms with Gasteiger partial charge in [0.05, 0.1) is 12.5 Å². The Labute approximate surface area is 118 Å². The number of carbonyl (C=O) groups excluding carboxylic acids is 1. The van der Waals surface area contributed by atoms with Crippen LogP contribution in [0.3, 0.4) is 0 Å². The summed E-state index contributed by atoms with van der Waals surface area (Å²) in [5.41, 5.74) is 1.49. The minimum atomic E-state index is -4.32. The fraction of sp³-hybridized carbons (Fsp3) is 0.417. The maximum Gasteiger partial charge on any atom is 0.446 e. The lowest BCUT2D eigenvalue weighted by Crippen LogP contribution is -2.28. The van der Waals surface area contributed by atoms with Crippen molar-refractivity contribution < 1.29 is 22.7 Å². The van der Waals surface area contributed by atoms with Crippen LogP contribution >= 0.6 is 11.8 Å². The molecular weight excluding hydrogens is 293 g/mol. The van der Waals surface area contributed by atoms with Gasteiger partial charge in [0, 0.05) is 24.2 Å². The average Bonchev–Trinajstić information content (AvgIpc) is 2.36. The zero-order valence-corrected chi connectivity index (χ0v) is 11.6. The van der Waals surface area contributed by atoms with E-state index >= 15 is 0 Å². The lowest BCUT2D eigenvalue weighted by Gasteiger charge is -2.13. The second-order valence-corrected chi connectivity index (χ2v) is 5.06. The van der Waals surface area contributed by atoms with E-state index in [2.05, 4.69) is 5.32 Å². The van der Waals surface area contributed by atoms with Crippen molar-refractivity contribution in [1.29, 1.82) is 0 Å². The van der Waals surface area contributed by atoms with Crippen LogP contribution in [0.5, 0.6) is 0 Å². The van der Waals surface area contributed by atoms with E-state index in [0.29, 0.717) is 5.69 Å². The summed E-state index contributed by atoms with van der Waals surface area (Å²) in [4.78, 5) is 11.7. The van der Waals surface area contributed by atoms with E-state index in [1.807, 2.05) is 0 Å². The Morgan fingerprint density at radius 2 is 2.00 bits per heavy atom. The number of carbonyl (C=O) groups is 1. The van der Waals surface area contributed by atoms with E-state index in [9.17, 15) is 18.0 Å². The predicted octanol–water partition coefficient (Wildman–Crippen LogP) is 2.60. The molecule has 0 bridgehead atoms. The van der Waals surface area contributed by atoms with Gasteiger partial charge >= 0.3 is 5.51 Å². The van der Waals surface area contributed by atoms with Gasteiger partial charge < -0.3 is 15.8 Å². The number of nitrogens with one attached hydrogen (secondary N) is 1. The molecule has 0 aromatic heterocycles. The van der Waals surface area contributed by atoms with E-state index in [1.54, 1.807) is 0 Å². The molecule has 8 heteroatoms. The number of halogens is 3. The van der Waals surface area contributed by atoms with Crippen molar-refractivity contribution in [3.05, 3.63) is 24.3 Å². The number of hydrogen-bond donors (Lipinski definition) is 2. The Bertz CT molecular complexity index is 433. The fourth-order valence-corrected chi connectivity index (χ4v) is 1.96. The first kappa shape index (κ1) is 16.8. The van der Waals surface area contributed by atoms with Crippen LogP contribution in [-0.2, 0) is 9.53 Å². The number of nitrogens with two attached hydrogens (primary N) is 1. The van der Waals surface area contributed by atoms with Crippen molar-refractivity contribution in [2.75, 3.05) is 19.0 Å². The highest BCUT2D eigenvalue weighted by molar-refractivity contribution is 8.00. The van der Waals surface area contributed by atoms with Crippen molar-refractivity contribution in [2.24, 2.45) is 5.73 Å². The molecule has 0 aliphatic carbocycles. The largest absolute Gasteiger partial charge is 0.446 e. The number of rotatable bonds is 6. The second-order valence-electron chi connectivity index (χ2n) is 3.92. The zero-order chi connectivity index (χ0) is 15.2. The van der Waals surface area contributed by atoms with Gasteiger partial charge in [-0.1, -0.05) is 0 Å². The number of methoxy groups -OCH3 is 1. The van der Waals surface area contributed by atoms with Crippen molar-refractivity contribution >= 4 is 23.4 Å². The minimum Gasteiger partial charge on any atom is -0.380 e. The lowest BCUT2D eigenvalue weighted by molar-refractivity contribution is -0.118. The summed E-state index contributed by atoms with van der Waals surface area (Å²) in [5.74, 6) is -0.307. The Kier molecular flexibility index (Phi) is 6.31. The normalized spacial score (nSPS) is 13.1. The van der Waals surface area contributed by atoms with Crippen LogP contribution in [0.4, 0.5) is 18.9 Å². The maximum absolute atomic E-state index is 12.1. The standard InChI is InChI=1S/C12H15F3N2O2S/c1-19-9(7-16)6-11(18)17-8-2-4-10(5-3-8)20-12(13,14)15/h2-5,9H,6-7,16H2,1H3,(H,17,18). The minimum absolute atomic E-state index is 0.0622. The summed E-state index contributed by atoms with van der Waals surface area (Å²) in [6.07, 6.45) is -0.290. The smallest absolute Gasteiger partial charge is 0.380 e. The number of alkyl halides is 3. The molecule has 1 rings (SSSR count). The first-order valence-corrected chi connectivity index (χ1v) is 6.54. The third kappa shape index (κ3) is 6.27. The number of hydrogen-bond acceptors (Lipinski definition) is 4. The fourth-order valence-electron chi connectivity index (χ4n) is 1.42. The first-order valence-electron chi connectivity index (χ1n) is 5.72. The number of thioether (sulfide) groups is 1. The van der Waals surface area contributed by atoms with Crippen LogP contribution in [0.15, 0.2) is 29.2 Å². The summed E-state index contributed by atoms with van der Waals surface area (Å²) in [5, 5.41) is 2.57. The number of amides is 1. The molecule has 112 valence electrons. The molecule has 1 unspecified atom stereocenters. The molecule has 0 fully saturated rings. The molecule has 0 heterocycles. The molecule has 3 N–H and O–H groups in total. The van der Waals surface area contributed by atoms with Gasteiger partial charge in [0.25, 0.3) is 0 Å². The number of anilines is 1. The Hall–Kier alpha value is -1.25. The molecule has 1 aromatic rings. The van der Waals surface area contributed by atoms with E-state index in [4.69, 9.17) is 10.5 Å². The van der Waals surface area contributed by atoms with E-state index in [-0.39, 0.29) is 41.6 Å². The molecule has 1 amide bonds. The lowest BCUT2D eigenvalue weighted by atomic mass is 10.2. The quantitative estimate of drug-likeness (QED) is 0.793. The predicted molar refractivity (Wildman–Crippen MR) is 71.5 cm³/mol. The Morgan fingerprint density at radius 3 is 2.45 bits per heavy atom. The third-order valence-electron chi connectivity index (χ3n) is 2.38. The molecule has 4 nitrogen and oxygen atoms in total. The Morgan fingerprint density at radius 1 is 1.40 bits per heavy atom. The van der Waals surface area contributed by atoms with E-state index in [0.717, 1.165) is 0 Å². The van der Waals surface area contributed by atoms with Crippen molar-refractivity contribution in [2.45, 2.75) is 22.9 Å². The molecule has 1 aromatic carbocycles. The van der Waals surface area contributed by atoms with Gasteiger partial charge in [-0.15, -0.1) is 0 Å². The molecule has 0 saturated heterocycles. The SMILES string of the molecule is COC(CN)CC(=O)Nc1ccc(SC(F)(F)F)cc1.